The Morgan fingerprint density at radius 2 is 0.736 bits per heavy atom. The summed E-state index contributed by atoms with van der Waals surface area (Å²) in [6.07, 6.45) is 0. The topological polar surface area (TPSA) is 52.6 Å². The van der Waals surface area contributed by atoms with Gasteiger partial charge in [-0.2, -0.15) is 0 Å². The Morgan fingerprint density at radius 3 is 1.29 bits per heavy atom. The Morgan fingerprint density at radius 1 is 0.306 bits per heavy atom. The standard InChI is InChI=1S/C62H39B3N2O5/c1-36-16-13-17-37(2)62(36)67-47-34-55-44(63-41-22-9-11-24-49(41)68-51-26-14-28-53(70-55)60(51)63)32-43(47)65-46-33-45-56(71-54-29-15-27-52-61(54)64(45)42-23-10-12-25-50(42)69-52)35-57(46)72-58-31-40(30-48(67)59(58)65)66(38-18-5-3-6-19-38)39-20-7-4-8-21-39/h3-35H,1-2H3. The van der Waals surface area contributed by atoms with Crippen molar-refractivity contribution in [3.05, 3.63) is 211 Å². The van der Waals surface area contributed by atoms with Crippen LogP contribution in [-0.4, -0.2) is 20.1 Å². The Bertz CT molecular complexity index is 3940. The van der Waals surface area contributed by atoms with Gasteiger partial charge in [-0.05, 0) is 130 Å². The normalized spacial score (nSPS) is 13.9. The molecule has 0 aliphatic carbocycles. The molecule has 0 amide bonds. The van der Waals surface area contributed by atoms with Gasteiger partial charge in [-0.1, -0.05) is 115 Å². The minimum Gasteiger partial charge on any atom is -0.458 e. The van der Waals surface area contributed by atoms with Crippen LogP contribution in [0.15, 0.2) is 200 Å². The van der Waals surface area contributed by atoms with E-state index < -0.39 is 0 Å². The number of aryl methyl sites for hydroxylation is 2. The lowest BCUT2D eigenvalue weighted by molar-refractivity contribution is 0.456. The molecular weight excluding hydrogens is 885 g/mol. The van der Waals surface area contributed by atoms with Crippen LogP contribution in [-0.2, 0) is 0 Å². The Hall–Kier alpha value is -9.01. The van der Waals surface area contributed by atoms with Crippen LogP contribution in [0.1, 0.15) is 11.1 Å². The zero-order valence-corrected chi connectivity index (χ0v) is 39.2. The summed E-state index contributed by atoms with van der Waals surface area (Å²) in [6, 6.07) is 70.7. The molecule has 10 aromatic rings. The van der Waals surface area contributed by atoms with Crippen LogP contribution in [0.4, 0.5) is 34.1 Å². The van der Waals surface area contributed by atoms with E-state index in [-0.39, 0.29) is 20.1 Å². The van der Waals surface area contributed by atoms with E-state index in [0.717, 1.165) is 152 Å². The summed E-state index contributed by atoms with van der Waals surface area (Å²) in [6.45, 7) is 3.92. The molecular formula is C62H39B3N2O5. The van der Waals surface area contributed by atoms with Crippen LogP contribution in [0.3, 0.4) is 0 Å². The Labute approximate surface area is 417 Å². The van der Waals surface area contributed by atoms with Gasteiger partial charge in [0.15, 0.2) is 0 Å². The van der Waals surface area contributed by atoms with Gasteiger partial charge in [-0.3, -0.25) is 0 Å². The van der Waals surface area contributed by atoms with Crippen molar-refractivity contribution in [3.8, 4) is 57.5 Å². The fourth-order valence-corrected chi connectivity index (χ4v) is 12.6. The summed E-state index contributed by atoms with van der Waals surface area (Å²) in [7, 11) is 0. The van der Waals surface area contributed by atoms with Crippen molar-refractivity contribution in [2.45, 2.75) is 13.8 Å². The van der Waals surface area contributed by atoms with E-state index in [9.17, 15) is 0 Å². The minimum atomic E-state index is -0.265. The van der Waals surface area contributed by atoms with E-state index in [1.165, 1.54) is 0 Å². The smallest absolute Gasteiger partial charge is 0.260 e. The highest BCUT2D eigenvalue weighted by Crippen LogP contribution is 2.49. The van der Waals surface area contributed by atoms with Crippen LogP contribution in [0.5, 0.6) is 57.5 Å². The molecule has 336 valence electrons. The molecule has 10 aromatic carbocycles. The Balaban J connectivity index is 1.00. The van der Waals surface area contributed by atoms with Crippen molar-refractivity contribution in [2.75, 3.05) is 9.80 Å². The fraction of sp³-hybridized carbons (Fsp3) is 0.0323. The third-order valence-electron chi connectivity index (χ3n) is 15.6. The molecule has 0 spiro atoms. The lowest BCUT2D eigenvalue weighted by Crippen LogP contribution is -2.64. The maximum Gasteiger partial charge on any atom is 0.260 e. The van der Waals surface area contributed by atoms with Gasteiger partial charge in [-0.15, -0.1) is 0 Å². The van der Waals surface area contributed by atoms with Gasteiger partial charge in [0.1, 0.15) is 57.5 Å². The van der Waals surface area contributed by atoms with Gasteiger partial charge >= 0.3 is 0 Å². The first kappa shape index (κ1) is 39.8. The number of hydrogen-bond acceptors (Lipinski definition) is 7. The molecule has 16 rings (SSSR count). The molecule has 6 aliphatic rings. The van der Waals surface area contributed by atoms with Crippen molar-refractivity contribution in [1.29, 1.82) is 0 Å². The molecule has 0 N–H and O–H groups in total. The number of rotatable bonds is 4. The average Bonchev–Trinajstić information content (AvgIpc) is 3.41. The van der Waals surface area contributed by atoms with Crippen LogP contribution < -0.4 is 82.6 Å². The van der Waals surface area contributed by atoms with Crippen molar-refractivity contribution >= 4 is 103 Å². The molecule has 7 nitrogen and oxygen atoms in total. The zero-order valence-electron chi connectivity index (χ0n) is 39.2. The third kappa shape index (κ3) is 5.54. The van der Waals surface area contributed by atoms with Gasteiger partial charge < -0.3 is 33.5 Å². The molecule has 72 heavy (non-hydrogen) atoms. The van der Waals surface area contributed by atoms with E-state index >= 15 is 0 Å². The molecule has 0 radical (unpaired) electrons. The molecule has 0 bridgehead atoms. The lowest BCUT2D eigenvalue weighted by atomic mass is 9.30. The highest BCUT2D eigenvalue weighted by atomic mass is 16.5. The maximum atomic E-state index is 7.45. The van der Waals surface area contributed by atoms with Gasteiger partial charge in [0.2, 0.25) is 0 Å². The van der Waals surface area contributed by atoms with Crippen molar-refractivity contribution in [3.63, 3.8) is 0 Å². The summed E-state index contributed by atoms with van der Waals surface area (Å²) in [5.74, 6) is 8.06. The lowest BCUT2D eigenvalue weighted by Gasteiger charge is -2.43. The van der Waals surface area contributed by atoms with E-state index in [2.05, 4.69) is 194 Å². The largest absolute Gasteiger partial charge is 0.458 e. The molecule has 0 fully saturated rings. The summed E-state index contributed by atoms with van der Waals surface area (Å²) in [4.78, 5) is 4.80. The number of hydrogen-bond donors (Lipinski definition) is 0. The SMILES string of the molecule is Cc1cccc(C)c1N1c2cc3c(cc2B2c4cc5c(cc4Oc4cc(N(c6ccccc6)c6ccccc6)cc1c42)Oc1cccc2c1B5c1ccccc1O2)B1c2ccccc2Oc2cccc(c21)O3. The van der Waals surface area contributed by atoms with Crippen molar-refractivity contribution in [1.82, 2.24) is 0 Å². The second-order valence-corrected chi connectivity index (χ2v) is 19.6. The number of nitrogens with zero attached hydrogens (tertiary/aromatic N) is 2. The monoisotopic (exact) mass is 924 g/mol. The fourth-order valence-electron chi connectivity index (χ4n) is 12.6. The number of ether oxygens (including phenoxy) is 5. The summed E-state index contributed by atoms with van der Waals surface area (Å²) in [5.41, 5.74) is 18.3. The first-order chi connectivity index (χ1) is 35.5. The first-order valence-electron chi connectivity index (χ1n) is 24.7. The van der Waals surface area contributed by atoms with Gasteiger partial charge in [0, 0.05) is 51.9 Å². The molecule has 6 heterocycles. The molecule has 0 saturated carbocycles. The van der Waals surface area contributed by atoms with Crippen molar-refractivity contribution < 1.29 is 23.7 Å². The summed E-state index contributed by atoms with van der Waals surface area (Å²) >= 11 is 0. The molecule has 0 unspecified atom stereocenters. The maximum absolute atomic E-state index is 7.45. The van der Waals surface area contributed by atoms with Crippen LogP contribution in [0.2, 0.25) is 0 Å². The van der Waals surface area contributed by atoms with E-state index in [1.54, 1.807) is 0 Å². The number of benzene rings is 10. The summed E-state index contributed by atoms with van der Waals surface area (Å²) in [5, 5.41) is 0. The van der Waals surface area contributed by atoms with E-state index in [1.807, 2.05) is 30.3 Å². The zero-order chi connectivity index (χ0) is 47.3. The van der Waals surface area contributed by atoms with Gasteiger partial charge in [0.25, 0.3) is 20.1 Å². The van der Waals surface area contributed by atoms with Gasteiger partial charge in [-0.25, -0.2) is 0 Å². The number of anilines is 6. The quantitative estimate of drug-likeness (QED) is 0.163. The highest BCUT2D eigenvalue weighted by Gasteiger charge is 2.49. The first-order valence-corrected chi connectivity index (χ1v) is 24.7. The van der Waals surface area contributed by atoms with Gasteiger partial charge in [0.05, 0.1) is 11.4 Å². The number of para-hydroxylation sites is 5. The van der Waals surface area contributed by atoms with Crippen LogP contribution in [0.25, 0.3) is 0 Å². The van der Waals surface area contributed by atoms with Crippen LogP contribution in [0, 0.1) is 13.8 Å². The predicted molar refractivity (Wildman–Crippen MR) is 292 cm³/mol. The third-order valence-corrected chi connectivity index (χ3v) is 15.6. The molecule has 10 heteroatoms. The molecule has 0 aromatic heterocycles. The number of fused-ring (bicyclic) bond motifs is 12. The second-order valence-electron chi connectivity index (χ2n) is 19.6. The second kappa shape index (κ2) is 14.8. The molecule has 0 atom stereocenters. The highest BCUT2D eigenvalue weighted by molar-refractivity contribution is 7.03. The van der Waals surface area contributed by atoms with Crippen molar-refractivity contribution in [2.24, 2.45) is 0 Å². The minimum absolute atomic E-state index is 0.122. The average molecular weight is 924 g/mol. The predicted octanol–water partition coefficient (Wildman–Crippen LogP) is 9.63. The van der Waals surface area contributed by atoms with E-state index in [4.69, 9.17) is 23.7 Å². The van der Waals surface area contributed by atoms with E-state index in [0.29, 0.717) is 0 Å². The molecule has 6 aliphatic heterocycles. The van der Waals surface area contributed by atoms with Crippen LogP contribution >= 0.6 is 0 Å². The summed E-state index contributed by atoms with van der Waals surface area (Å²) < 4.78 is 34.7. The Kier molecular flexibility index (Phi) is 8.16. The molecule has 0 saturated heterocycles.